The number of nitrogens with two attached hydrogens (primary N) is 1. The second-order valence-electron chi connectivity index (χ2n) is 6.26. The molecule has 0 aromatic heterocycles. The van der Waals surface area contributed by atoms with Crippen molar-refractivity contribution >= 4 is 5.97 Å². The number of benzene rings is 1. The quantitative estimate of drug-likeness (QED) is 0.501. The van der Waals surface area contributed by atoms with Crippen molar-refractivity contribution in [3.63, 3.8) is 0 Å². The summed E-state index contributed by atoms with van der Waals surface area (Å²) in [6, 6.07) is 6.96. The number of carbonyl (C=O) groups excluding carboxylic acids is 1. The van der Waals surface area contributed by atoms with Gasteiger partial charge in [0.25, 0.3) is 0 Å². The van der Waals surface area contributed by atoms with Crippen LogP contribution >= 0.6 is 0 Å². The molecule has 5 nitrogen and oxygen atoms in total. The molecule has 5 heteroatoms. The Balaban J connectivity index is 2.46. The molecule has 124 valence electrons. The summed E-state index contributed by atoms with van der Waals surface area (Å²) in [5.41, 5.74) is 7.65. The summed E-state index contributed by atoms with van der Waals surface area (Å²) in [7, 11) is 0. The highest BCUT2D eigenvalue weighted by Gasteiger charge is 2.16. The number of hydrogen-bond donors (Lipinski definition) is 3. The number of aliphatic hydroxyl groups is 2. The summed E-state index contributed by atoms with van der Waals surface area (Å²) in [6.07, 6.45) is -0.126. The highest BCUT2D eigenvalue weighted by atomic mass is 16.5. The van der Waals surface area contributed by atoms with Crippen molar-refractivity contribution < 1.29 is 19.7 Å². The van der Waals surface area contributed by atoms with Crippen LogP contribution in [0, 0.1) is 11.8 Å². The minimum Gasteiger partial charge on any atom is -0.460 e. The van der Waals surface area contributed by atoms with Gasteiger partial charge in [-0.25, -0.2) is 0 Å². The molecule has 0 saturated heterocycles. The number of aliphatic hydroxyl groups excluding tert-OH is 1. The fraction of sp³-hybridized carbons (Fsp3) is 0.588. The zero-order valence-corrected chi connectivity index (χ0v) is 13.5. The lowest BCUT2D eigenvalue weighted by atomic mass is 10.00. The molecule has 0 heterocycles. The highest BCUT2D eigenvalue weighted by Crippen LogP contribution is 2.13. The number of hydrogen-bond acceptors (Lipinski definition) is 5. The maximum Gasteiger partial charge on any atom is 0.323 e. The van der Waals surface area contributed by atoms with Gasteiger partial charge in [0.05, 0.1) is 0 Å². The molecule has 1 aromatic carbocycles. The maximum atomic E-state index is 11.7. The monoisotopic (exact) mass is 309 g/mol. The Kier molecular flexibility index (Phi) is 7.51. The van der Waals surface area contributed by atoms with Gasteiger partial charge in [-0.3, -0.25) is 4.79 Å². The third-order valence-electron chi connectivity index (χ3n) is 3.50. The van der Waals surface area contributed by atoms with E-state index < -0.39 is 12.3 Å². The fourth-order valence-corrected chi connectivity index (χ4v) is 2.11. The molecular formula is C17H27NO4. The summed E-state index contributed by atoms with van der Waals surface area (Å²) in [4.78, 5) is 11.7. The number of ether oxygens (including phenoxy) is 1. The molecule has 0 bridgehead atoms. The fourth-order valence-electron chi connectivity index (χ4n) is 2.11. The van der Waals surface area contributed by atoms with Gasteiger partial charge < -0.3 is 20.7 Å². The second kappa shape index (κ2) is 8.88. The molecule has 22 heavy (non-hydrogen) atoms. The van der Waals surface area contributed by atoms with Crippen LogP contribution in [0.4, 0.5) is 0 Å². The predicted molar refractivity (Wildman–Crippen MR) is 84.8 cm³/mol. The van der Waals surface area contributed by atoms with Crippen LogP contribution in [0.5, 0.6) is 0 Å². The van der Waals surface area contributed by atoms with E-state index in [0.29, 0.717) is 18.8 Å². The van der Waals surface area contributed by atoms with Crippen LogP contribution in [-0.2, 0) is 22.6 Å². The normalized spacial score (nSPS) is 14.2. The van der Waals surface area contributed by atoms with Crippen LogP contribution < -0.4 is 5.73 Å². The molecule has 0 saturated carbocycles. The first-order valence-corrected chi connectivity index (χ1v) is 7.65. The zero-order valence-electron chi connectivity index (χ0n) is 13.5. The van der Waals surface area contributed by atoms with Gasteiger partial charge in [0.1, 0.15) is 12.6 Å². The van der Waals surface area contributed by atoms with Gasteiger partial charge in [0, 0.05) is 5.92 Å². The third-order valence-corrected chi connectivity index (χ3v) is 3.50. The summed E-state index contributed by atoms with van der Waals surface area (Å²) in [5.74, 6) is -0.252. The van der Waals surface area contributed by atoms with Crippen molar-refractivity contribution in [2.45, 2.75) is 52.6 Å². The Hall–Kier alpha value is -1.43. The molecule has 0 radical (unpaired) electrons. The van der Waals surface area contributed by atoms with Crippen LogP contribution in [0.3, 0.4) is 0 Å². The summed E-state index contributed by atoms with van der Waals surface area (Å²) >= 11 is 0. The average Bonchev–Trinajstić information content (AvgIpc) is 2.45. The second-order valence-corrected chi connectivity index (χ2v) is 6.26. The van der Waals surface area contributed by atoms with Crippen molar-refractivity contribution in [1.29, 1.82) is 0 Å². The molecule has 0 aliphatic heterocycles. The number of rotatable bonds is 8. The van der Waals surface area contributed by atoms with Gasteiger partial charge in [0.15, 0.2) is 6.29 Å². The molecule has 1 unspecified atom stereocenters. The van der Waals surface area contributed by atoms with Crippen molar-refractivity contribution in [1.82, 2.24) is 0 Å². The first kappa shape index (κ1) is 18.6. The first-order chi connectivity index (χ1) is 10.3. The first-order valence-electron chi connectivity index (χ1n) is 7.65. The van der Waals surface area contributed by atoms with Gasteiger partial charge >= 0.3 is 5.97 Å². The van der Waals surface area contributed by atoms with Crippen LogP contribution in [0.1, 0.15) is 38.3 Å². The van der Waals surface area contributed by atoms with E-state index in [1.807, 2.05) is 38.1 Å². The topological polar surface area (TPSA) is 92.8 Å². The van der Waals surface area contributed by atoms with E-state index in [0.717, 1.165) is 11.1 Å². The largest absolute Gasteiger partial charge is 0.460 e. The minimum atomic E-state index is -1.32. The van der Waals surface area contributed by atoms with Crippen LogP contribution in [0.2, 0.25) is 0 Å². The molecular weight excluding hydrogens is 282 g/mol. The van der Waals surface area contributed by atoms with E-state index in [1.54, 1.807) is 6.92 Å². The van der Waals surface area contributed by atoms with Gasteiger partial charge in [-0.1, -0.05) is 45.0 Å². The highest BCUT2D eigenvalue weighted by molar-refractivity contribution is 5.75. The van der Waals surface area contributed by atoms with Gasteiger partial charge in [-0.2, -0.15) is 0 Å². The van der Waals surface area contributed by atoms with Gasteiger partial charge in [-0.05, 0) is 29.9 Å². The summed E-state index contributed by atoms with van der Waals surface area (Å²) in [5, 5.41) is 18.2. The Morgan fingerprint density at radius 2 is 1.68 bits per heavy atom. The summed E-state index contributed by atoms with van der Waals surface area (Å²) in [6.45, 7) is 5.99. The molecule has 0 aliphatic carbocycles. The smallest absolute Gasteiger partial charge is 0.323 e. The summed E-state index contributed by atoms with van der Waals surface area (Å²) < 4.78 is 5.21. The third kappa shape index (κ3) is 6.56. The van der Waals surface area contributed by atoms with Crippen LogP contribution in [-0.4, -0.2) is 28.5 Å². The average molecular weight is 309 g/mol. The van der Waals surface area contributed by atoms with Crippen molar-refractivity contribution in [2.24, 2.45) is 17.6 Å². The number of carbonyl (C=O) groups is 1. The molecule has 0 amide bonds. The van der Waals surface area contributed by atoms with Gasteiger partial charge in [-0.15, -0.1) is 0 Å². The Bertz CT molecular complexity index is 456. The van der Waals surface area contributed by atoms with E-state index in [4.69, 9.17) is 20.7 Å². The standard InChI is InChI=1S/C17H27NO4/c1-11(2)8-15(18)17(21)22-10-14-6-4-13(5-7-14)9-12(3)16(19)20/h4-7,11-12,15-16,19-20H,8-10,18H2,1-3H3/t12?,15-/m0/s1. The van der Waals surface area contributed by atoms with E-state index in [2.05, 4.69) is 0 Å². The maximum absolute atomic E-state index is 11.7. The van der Waals surface area contributed by atoms with E-state index in [9.17, 15) is 4.79 Å². The van der Waals surface area contributed by atoms with Crippen molar-refractivity contribution in [2.75, 3.05) is 0 Å². The minimum absolute atomic E-state index is 0.198. The molecule has 1 aromatic rings. The Morgan fingerprint density at radius 1 is 1.14 bits per heavy atom. The Labute approximate surface area is 132 Å². The molecule has 4 N–H and O–H groups in total. The Morgan fingerprint density at radius 3 is 2.18 bits per heavy atom. The van der Waals surface area contributed by atoms with E-state index >= 15 is 0 Å². The van der Waals surface area contributed by atoms with Crippen LogP contribution in [0.25, 0.3) is 0 Å². The van der Waals surface area contributed by atoms with E-state index in [1.165, 1.54) is 0 Å². The number of esters is 1. The molecule has 0 spiro atoms. The molecule has 2 atom stereocenters. The zero-order chi connectivity index (χ0) is 16.7. The van der Waals surface area contributed by atoms with Crippen LogP contribution in [0.15, 0.2) is 24.3 Å². The molecule has 1 rings (SSSR count). The lowest BCUT2D eigenvalue weighted by molar-refractivity contribution is -0.146. The van der Waals surface area contributed by atoms with Crippen molar-refractivity contribution in [3.05, 3.63) is 35.4 Å². The van der Waals surface area contributed by atoms with E-state index in [-0.39, 0.29) is 18.5 Å². The lowest BCUT2D eigenvalue weighted by Gasteiger charge is -2.14. The van der Waals surface area contributed by atoms with Gasteiger partial charge in [0.2, 0.25) is 0 Å². The predicted octanol–water partition coefficient (Wildman–Crippen LogP) is 1.59. The molecule has 0 fully saturated rings. The van der Waals surface area contributed by atoms with Crippen molar-refractivity contribution in [3.8, 4) is 0 Å². The lowest BCUT2D eigenvalue weighted by Crippen LogP contribution is -2.33. The SMILES string of the molecule is CC(C)C[C@H](N)C(=O)OCc1ccc(CC(C)C(O)O)cc1. The molecule has 0 aliphatic rings.